The highest BCUT2D eigenvalue weighted by molar-refractivity contribution is 6.29. The second kappa shape index (κ2) is 6.37. The Kier molecular flexibility index (Phi) is 5.07. The van der Waals surface area contributed by atoms with Crippen LogP contribution in [0.15, 0.2) is 18.2 Å². The van der Waals surface area contributed by atoms with Crippen molar-refractivity contribution in [2.75, 3.05) is 18.5 Å². The van der Waals surface area contributed by atoms with Crippen LogP contribution in [0, 0.1) is 0 Å². The molecular weight excluding hydrogens is 216 g/mol. The monoisotopic (exact) mass is 228 g/mol. The maximum absolute atomic E-state index is 11.3. The van der Waals surface area contributed by atoms with Crippen LogP contribution in [0.1, 0.15) is 13.3 Å². The molecule has 15 heavy (non-hydrogen) atoms. The van der Waals surface area contributed by atoms with Crippen molar-refractivity contribution >= 4 is 23.3 Å². The normalized spacial score (nSPS) is 10.0. The molecule has 1 aromatic heterocycles. The summed E-state index contributed by atoms with van der Waals surface area (Å²) in [5, 5.41) is 2.93. The number of aromatic nitrogens is 1. The van der Waals surface area contributed by atoms with Crippen LogP contribution >= 0.6 is 11.6 Å². The number of ether oxygens (including phenoxy) is 1. The molecule has 4 nitrogen and oxygen atoms in total. The van der Waals surface area contributed by atoms with Crippen LogP contribution in [0.5, 0.6) is 0 Å². The Morgan fingerprint density at radius 3 is 3.07 bits per heavy atom. The molecule has 0 aliphatic heterocycles. The Bertz CT molecular complexity index is 331. The molecule has 1 rings (SSSR count). The maximum atomic E-state index is 11.3. The summed E-state index contributed by atoms with van der Waals surface area (Å²) in [5.41, 5.74) is 0. The zero-order valence-corrected chi connectivity index (χ0v) is 9.25. The summed E-state index contributed by atoms with van der Waals surface area (Å²) < 4.78 is 5.07. The van der Waals surface area contributed by atoms with Crippen LogP contribution in [-0.2, 0) is 9.53 Å². The van der Waals surface area contributed by atoms with Gasteiger partial charge in [-0.25, -0.2) is 4.98 Å². The Morgan fingerprint density at radius 1 is 1.60 bits per heavy atom. The molecular formula is C10H13ClN2O2. The van der Waals surface area contributed by atoms with E-state index in [9.17, 15) is 4.79 Å². The van der Waals surface area contributed by atoms with Crippen molar-refractivity contribution in [3.8, 4) is 0 Å². The number of nitrogens with one attached hydrogen (secondary N) is 1. The molecule has 0 fully saturated rings. The Hall–Kier alpha value is -1.13. The second-order valence-electron chi connectivity index (χ2n) is 2.95. The average molecular weight is 229 g/mol. The summed E-state index contributed by atoms with van der Waals surface area (Å²) >= 11 is 5.66. The number of rotatable bonds is 5. The largest absolute Gasteiger partial charge is 0.372 e. The SMILES string of the molecule is CCCOCC(=O)Nc1cccc(Cl)n1. The van der Waals surface area contributed by atoms with Gasteiger partial charge in [0.1, 0.15) is 17.6 Å². The zero-order valence-electron chi connectivity index (χ0n) is 8.50. The number of pyridine rings is 1. The van der Waals surface area contributed by atoms with E-state index in [1.165, 1.54) is 0 Å². The molecule has 0 unspecified atom stereocenters. The van der Waals surface area contributed by atoms with E-state index in [4.69, 9.17) is 16.3 Å². The van der Waals surface area contributed by atoms with Gasteiger partial charge in [-0.15, -0.1) is 0 Å². The summed E-state index contributed by atoms with van der Waals surface area (Å²) in [6, 6.07) is 5.03. The van der Waals surface area contributed by atoms with Crippen LogP contribution in [0.25, 0.3) is 0 Å². The standard InChI is InChI=1S/C10H13ClN2O2/c1-2-6-15-7-10(14)13-9-5-3-4-8(11)12-9/h3-5H,2,6-7H2,1H3,(H,12,13,14). The molecule has 1 heterocycles. The second-order valence-corrected chi connectivity index (χ2v) is 3.33. The number of halogens is 1. The molecule has 0 radical (unpaired) electrons. The molecule has 0 aliphatic rings. The lowest BCUT2D eigenvalue weighted by Gasteiger charge is -2.04. The van der Waals surface area contributed by atoms with Gasteiger partial charge in [0.25, 0.3) is 5.91 Å². The fourth-order valence-corrected chi connectivity index (χ4v) is 1.13. The van der Waals surface area contributed by atoms with Gasteiger partial charge in [0.2, 0.25) is 0 Å². The minimum atomic E-state index is -0.224. The van der Waals surface area contributed by atoms with E-state index in [-0.39, 0.29) is 12.5 Å². The summed E-state index contributed by atoms with van der Waals surface area (Å²) in [5.74, 6) is 0.214. The van der Waals surface area contributed by atoms with Crippen molar-refractivity contribution in [3.05, 3.63) is 23.4 Å². The van der Waals surface area contributed by atoms with Gasteiger partial charge in [0.15, 0.2) is 0 Å². The third-order valence-electron chi connectivity index (χ3n) is 1.56. The molecule has 5 heteroatoms. The molecule has 0 bridgehead atoms. The van der Waals surface area contributed by atoms with E-state index in [1.807, 2.05) is 6.92 Å². The Morgan fingerprint density at radius 2 is 2.40 bits per heavy atom. The molecule has 1 N–H and O–H groups in total. The molecule has 0 saturated heterocycles. The predicted molar refractivity (Wildman–Crippen MR) is 59.0 cm³/mol. The van der Waals surface area contributed by atoms with Gasteiger partial charge in [-0.3, -0.25) is 4.79 Å². The number of hydrogen-bond acceptors (Lipinski definition) is 3. The maximum Gasteiger partial charge on any atom is 0.251 e. The van der Waals surface area contributed by atoms with Crippen LogP contribution in [0.2, 0.25) is 5.15 Å². The fourth-order valence-electron chi connectivity index (χ4n) is 0.966. The van der Waals surface area contributed by atoms with Crippen molar-refractivity contribution in [2.24, 2.45) is 0 Å². The van der Waals surface area contributed by atoms with E-state index < -0.39 is 0 Å². The highest BCUT2D eigenvalue weighted by Gasteiger charge is 2.02. The summed E-state index contributed by atoms with van der Waals surface area (Å²) in [6.45, 7) is 2.61. The highest BCUT2D eigenvalue weighted by Crippen LogP contribution is 2.08. The van der Waals surface area contributed by atoms with Gasteiger partial charge in [-0.1, -0.05) is 24.6 Å². The van der Waals surface area contributed by atoms with Crippen LogP contribution in [-0.4, -0.2) is 24.1 Å². The number of carbonyl (C=O) groups is 1. The first-order valence-electron chi connectivity index (χ1n) is 4.72. The van der Waals surface area contributed by atoms with Crippen molar-refractivity contribution in [1.29, 1.82) is 0 Å². The van der Waals surface area contributed by atoms with Gasteiger partial charge in [-0.2, -0.15) is 0 Å². The van der Waals surface area contributed by atoms with E-state index in [1.54, 1.807) is 18.2 Å². The van der Waals surface area contributed by atoms with Gasteiger partial charge < -0.3 is 10.1 Å². The van der Waals surface area contributed by atoms with Crippen LogP contribution in [0.3, 0.4) is 0 Å². The molecule has 0 atom stereocenters. The Labute approximate surface area is 93.6 Å². The summed E-state index contributed by atoms with van der Waals surface area (Å²) in [4.78, 5) is 15.2. The number of amides is 1. The molecule has 82 valence electrons. The van der Waals surface area contributed by atoms with Crippen molar-refractivity contribution < 1.29 is 9.53 Å². The molecule has 0 aliphatic carbocycles. The first-order valence-corrected chi connectivity index (χ1v) is 5.10. The van der Waals surface area contributed by atoms with Crippen molar-refractivity contribution in [2.45, 2.75) is 13.3 Å². The number of carbonyl (C=O) groups excluding carboxylic acids is 1. The number of nitrogens with zero attached hydrogens (tertiary/aromatic N) is 1. The third-order valence-corrected chi connectivity index (χ3v) is 1.77. The lowest BCUT2D eigenvalue weighted by molar-refractivity contribution is -0.120. The van der Waals surface area contributed by atoms with Crippen molar-refractivity contribution in [1.82, 2.24) is 4.98 Å². The topological polar surface area (TPSA) is 51.2 Å². The minimum absolute atomic E-state index is 0.0437. The van der Waals surface area contributed by atoms with E-state index in [2.05, 4.69) is 10.3 Å². The molecule has 0 spiro atoms. The van der Waals surface area contributed by atoms with Gasteiger partial charge in [-0.05, 0) is 18.6 Å². The smallest absolute Gasteiger partial charge is 0.251 e. The van der Waals surface area contributed by atoms with Crippen molar-refractivity contribution in [3.63, 3.8) is 0 Å². The molecule has 0 saturated carbocycles. The molecule has 0 aromatic carbocycles. The molecule has 1 aromatic rings. The quantitative estimate of drug-likeness (QED) is 0.620. The fraction of sp³-hybridized carbons (Fsp3) is 0.400. The third kappa shape index (κ3) is 4.76. The van der Waals surface area contributed by atoms with Gasteiger partial charge in [0, 0.05) is 6.61 Å². The number of anilines is 1. The van der Waals surface area contributed by atoms with Gasteiger partial charge >= 0.3 is 0 Å². The van der Waals surface area contributed by atoms with E-state index >= 15 is 0 Å². The van der Waals surface area contributed by atoms with Crippen LogP contribution < -0.4 is 5.32 Å². The predicted octanol–water partition coefficient (Wildman–Crippen LogP) is 2.10. The zero-order chi connectivity index (χ0) is 11.1. The first kappa shape index (κ1) is 11.9. The van der Waals surface area contributed by atoms with Crippen LogP contribution in [0.4, 0.5) is 5.82 Å². The summed E-state index contributed by atoms with van der Waals surface area (Å²) in [7, 11) is 0. The highest BCUT2D eigenvalue weighted by atomic mass is 35.5. The number of hydrogen-bond donors (Lipinski definition) is 1. The average Bonchev–Trinajstić information content (AvgIpc) is 2.18. The lowest BCUT2D eigenvalue weighted by atomic mass is 10.4. The minimum Gasteiger partial charge on any atom is -0.372 e. The Balaban J connectivity index is 2.37. The van der Waals surface area contributed by atoms with Gasteiger partial charge in [0.05, 0.1) is 0 Å². The summed E-state index contributed by atoms with van der Waals surface area (Å²) in [6.07, 6.45) is 0.892. The first-order chi connectivity index (χ1) is 7.22. The van der Waals surface area contributed by atoms with E-state index in [0.29, 0.717) is 17.6 Å². The van der Waals surface area contributed by atoms with E-state index in [0.717, 1.165) is 6.42 Å². The molecule has 1 amide bonds. The lowest BCUT2D eigenvalue weighted by Crippen LogP contribution is -2.19.